The van der Waals surface area contributed by atoms with E-state index < -0.39 is 50.6 Å². The number of phosphoric ester groups is 1. The van der Waals surface area contributed by atoms with E-state index in [1.807, 2.05) is 12.1 Å². The molecule has 218 valence electrons. The Morgan fingerprint density at radius 2 is 1.59 bits per heavy atom. The first-order chi connectivity index (χ1) is 19.7. The number of nitrogens with two attached hydrogens (primary N) is 1. The van der Waals surface area contributed by atoms with Gasteiger partial charge in [0.25, 0.3) is 5.56 Å². The predicted octanol–water partition coefficient (Wildman–Crippen LogP) is 1.25. The number of benzene rings is 2. The summed E-state index contributed by atoms with van der Waals surface area (Å²) < 4.78 is 39.0. The predicted molar refractivity (Wildman–Crippen MR) is 145 cm³/mol. The summed E-state index contributed by atoms with van der Waals surface area (Å²) in [4.78, 5) is 21.1. The molecule has 1 saturated heterocycles. The zero-order valence-corrected chi connectivity index (χ0v) is 22.9. The molecular formula is C26H30N5O9P. The van der Waals surface area contributed by atoms with E-state index in [0.29, 0.717) is 11.1 Å². The fraction of sp³-hybridized carbons (Fsp3) is 0.346. The van der Waals surface area contributed by atoms with Crippen molar-refractivity contribution in [1.29, 1.82) is 0 Å². The van der Waals surface area contributed by atoms with E-state index in [1.54, 1.807) is 48.5 Å². The Balaban J connectivity index is 1.46. The summed E-state index contributed by atoms with van der Waals surface area (Å²) in [5.41, 5.74) is 6.48. The summed E-state index contributed by atoms with van der Waals surface area (Å²) >= 11 is 0. The van der Waals surface area contributed by atoms with Crippen LogP contribution in [0, 0.1) is 0 Å². The third-order valence-corrected chi connectivity index (χ3v) is 8.07. The second-order valence-electron chi connectivity index (χ2n) is 9.42. The first-order valence-electron chi connectivity index (χ1n) is 12.7. The van der Waals surface area contributed by atoms with Crippen molar-refractivity contribution in [2.75, 3.05) is 12.3 Å². The Labute approximate surface area is 234 Å². The minimum absolute atomic E-state index is 0.00593. The van der Waals surface area contributed by atoms with Crippen LogP contribution in [0.15, 0.2) is 71.8 Å². The highest BCUT2D eigenvalue weighted by molar-refractivity contribution is 7.48. The molecular weight excluding hydrogens is 557 g/mol. The number of aliphatic hydroxyl groups is 3. The molecule has 0 bridgehead atoms. The highest BCUT2D eigenvalue weighted by Gasteiger charge is 2.50. The van der Waals surface area contributed by atoms with Crippen molar-refractivity contribution < 1.29 is 38.2 Å². The average molecular weight is 588 g/mol. The topological polar surface area (TPSA) is 193 Å². The zero-order valence-electron chi connectivity index (χ0n) is 22.0. The Hall–Kier alpha value is -3.46. The minimum atomic E-state index is -4.48. The molecule has 0 unspecified atom stereocenters. The summed E-state index contributed by atoms with van der Waals surface area (Å²) in [7, 11) is -3.07. The van der Waals surface area contributed by atoms with Crippen LogP contribution in [0.25, 0.3) is 11.2 Å². The van der Waals surface area contributed by atoms with Crippen LogP contribution in [0.3, 0.4) is 0 Å². The van der Waals surface area contributed by atoms with Crippen molar-refractivity contribution in [2.24, 2.45) is 7.05 Å². The van der Waals surface area contributed by atoms with Crippen LogP contribution in [-0.2, 0) is 43.1 Å². The number of anilines is 1. The number of nitrogens with zero attached hydrogens (tertiary/aromatic N) is 4. The Kier molecular flexibility index (Phi) is 8.63. The first-order valence-corrected chi connectivity index (χ1v) is 14.1. The third kappa shape index (κ3) is 6.10. The van der Waals surface area contributed by atoms with E-state index in [4.69, 9.17) is 24.0 Å². The molecule has 0 radical (unpaired) electrons. The van der Waals surface area contributed by atoms with Crippen molar-refractivity contribution in [2.45, 2.75) is 43.9 Å². The lowest BCUT2D eigenvalue weighted by Crippen LogP contribution is -2.57. The van der Waals surface area contributed by atoms with Crippen LogP contribution >= 0.6 is 7.82 Å². The van der Waals surface area contributed by atoms with Crippen LogP contribution < -0.4 is 11.3 Å². The standard InChI is InChI=1S/C26H30N5O9P/c1-30-24(35)19-23(29-26(30)27)28-15-31(19)25-21(34)22(20(33)18(12-32)39-25)40-41(36,37-13-16-8-4-2-5-9-16)38-14-17-10-6-3-7-11-17/h2-11,15,18,20-22,25,32-34H,12-14H2,1H3,(H2,27,29)/t18-,20-,21-,22+,25-/m1/s1. The van der Waals surface area contributed by atoms with Crippen LogP contribution in [0.5, 0.6) is 0 Å². The zero-order chi connectivity index (χ0) is 29.1. The maximum atomic E-state index is 14.0. The molecule has 4 aromatic rings. The summed E-state index contributed by atoms with van der Waals surface area (Å²) in [5.74, 6) is -0.0743. The van der Waals surface area contributed by atoms with Gasteiger partial charge in [-0.2, -0.15) is 4.98 Å². The van der Waals surface area contributed by atoms with Crippen LogP contribution in [0.4, 0.5) is 5.95 Å². The van der Waals surface area contributed by atoms with E-state index in [1.165, 1.54) is 17.9 Å². The summed E-state index contributed by atoms with van der Waals surface area (Å²) in [5, 5.41) is 32.3. The Morgan fingerprint density at radius 1 is 1.00 bits per heavy atom. The lowest BCUT2D eigenvalue weighted by Gasteiger charge is -2.42. The molecule has 5 atom stereocenters. The summed E-state index contributed by atoms with van der Waals surface area (Å²) in [6.45, 7) is -1.02. The van der Waals surface area contributed by atoms with E-state index in [9.17, 15) is 24.7 Å². The number of aliphatic hydroxyl groups excluding tert-OH is 3. The quantitative estimate of drug-likeness (QED) is 0.194. The maximum absolute atomic E-state index is 14.0. The number of imidazole rings is 1. The number of rotatable bonds is 10. The highest BCUT2D eigenvalue weighted by Crippen LogP contribution is 2.54. The number of phosphoric acid groups is 1. The minimum Gasteiger partial charge on any atom is -0.394 e. The number of aromatic nitrogens is 4. The molecule has 1 aliphatic rings. The molecule has 2 aromatic carbocycles. The van der Waals surface area contributed by atoms with Crippen LogP contribution in [0.1, 0.15) is 17.4 Å². The normalized spacial score (nSPS) is 23.2. The fourth-order valence-electron chi connectivity index (χ4n) is 4.40. The number of ether oxygens (including phenoxy) is 1. The highest BCUT2D eigenvalue weighted by atomic mass is 31.2. The first kappa shape index (κ1) is 29.0. The molecule has 41 heavy (non-hydrogen) atoms. The van der Waals surface area contributed by atoms with Crippen molar-refractivity contribution >= 4 is 24.9 Å². The number of hydrogen-bond donors (Lipinski definition) is 4. The van der Waals surface area contributed by atoms with Gasteiger partial charge in [-0.3, -0.25) is 27.5 Å². The van der Waals surface area contributed by atoms with Gasteiger partial charge >= 0.3 is 7.82 Å². The van der Waals surface area contributed by atoms with Gasteiger partial charge in [-0.1, -0.05) is 60.7 Å². The van der Waals surface area contributed by atoms with Crippen molar-refractivity contribution in [1.82, 2.24) is 19.1 Å². The van der Waals surface area contributed by atoms with Gasteiger partial charge < -0.3 is 25.8 Å². The fourth-order valence-corrected chi connectivity index (χ4v) is 5.76. The van der Waals surface area contributed by atoms with Gasteiger partial charge in [0.2, 0.25) is 5.95 Å². The SMILES string of the molecule is Cn1c(N)nc2ncn([C@@H]3O[C@H](CO)[C@@H](O)[C@H](OP(=O)(OCc4ccccc4)OCc4ccccc4)[C@H]3O)c2c1=O. The molecule has 0 aliphatic carbocycles. The monoisotopic (exact) mass is 587 g/mol. The second kappa shape index (κ2) is 12.2. The van der Waals surface area contributed by atoms with Gasteiger partial charge in [0, 0.05) is 7.05 Å². The lowest BCUT2D eigenvalue weighted by atomic mass is 9.98. The molecule has 15 heteroatoms. The molecule has 0 amide bonds. The molecule has 14 nitrogen and oxygen atoms in total. The largest absolute Gasteiger partial charge is 0.475 e. The second-order valence-corrected chi connectivity index (χ2v) is 11.0. The van der Waals surface area contributed by atoms with Gasteiger partial charge in [0.1, 0.15) is 30.7 Å². The molecule has 2 aromatic heterocycles. The molecule has 3 heterocycles. The van der Waals surface area contributed by atoms with Gasteiger partial charge in [0.05, 0.1) is 19.8 Å². The summed E-state index contributed by atoms with van der Waals surface area (Å²) in [6, 6.07) is 17.7. The summed E-state index contributed by atoms with van der Waals surface area (Å²) in [6.07, 6.45) is -6.57. The van der Waals surface area contributed by atoms with E-state index in [0.717, 1.165) is 4.57 Å². The molecule has 1 fully saturated rings. The van der Waals surface area contributed by atoms with E-state index >= 15 is 0 Å². The van der Waals surface area contributed by atoms with Crippen molar-refractivity contribution in [3.8, 4) is 0 Å². The van der Waals surface area contributed by atoms with Crippen LogP contribution in [-0.4, -0.2) is 65.4 Å². The third-order valence-electron chi connectivity index (χ3n) is 6.68. The molecule has 5 N–H and O–H groups in total. The number of fused-ring (bicyclic) bond motifs is 1. The molecule has 1 aliphatic heterocycles. The van der Waals surface area contributed by atoms with Gasteiger partial charge in [-0.05, 0) is 11.1 Å². The lowest BCUT2D eigenvalue weighted by molar-refractivity contribution is -0.247. The maximum Gasteiger partial charge on any atom is 0.475 e. The molecule has 0 saturated carbocycles. The average Bonchev–Trinajstić information content (AvgIpc) is 3.41. The smallest absolute Gasteiger partial charge is 0.394 e. The van der Waals surface area contributed by atoms with E-state index in [2.05, 4.69) is 9.97 Å². The van der Waals surface area contributed by atoms with Crippen molar-refractivity contribution in [3.63, 3.8) is 0 Å². The van der Waals surface area contributed by atoms with Gasteiger partial charge in [-0.15, -0.1) is 0 Å². The van der Waals surface area contributed by atoms with Crippen molar-refractivity contribution in [3.05, 3.63) is 88.5 Å². The van der Waals surface area contributed by atoms with E-state index in [-0.39, 0.29) is 30.3 Å². The number of nitrogen functional groups attached to an aromatic ring is 1. The molecule has 5 rings (SSSR count). The van der Waals surface area contributed by atoms with Crippen LogP contribution in [0.2, 0.25) is 0 Å². The number of hydrogen-bond acceptors (Lipinski definition) is 12. The Bertz CT molecular complexity index is 1540. The Morgan fingerprint density at radius 3 is 2.15 bits per heavy atom. The van der Waals surface area contributed by atoms with Gasteiger partial charge in [-0.25, -0.2) is 9.55 Å². The molecule has 0 spiro atoms. The van der Waals surface area contributed by atoms with Gasteiger partial charge in [0.15, 0.2) is 17.4 Å².